The van der Waals surface area contributed by atoms with Gasteiger partial charge in [-0.15, -0.1) is 11.3 Å². The highest BCUT2D eigenvalue weighted by Gasteiger charge is 2.07. The van der Waals surface area contributed by atoms with Crippen molar-refractivity contribution in [1.29, 1.82) is 0 Å². The summed E-state index contributed by atoms with van der Waals surface area (Å²) in [7, 11) is 0. The van der Waals surface area contributed by atoms with Crippen LogP contribution in [0, 0.1) is 6.92 Å². The molecule has 0 atom stereocenters. The van der Waals surface area contributed by atoms with Gasteiger partial charge in [-0.1, -0.05) is 6.07 Å². The summed E-state index contributed by atoms with van der Waals surface area (Å²) >= 11 is 1.61. The molecular formula is C12H15N5OS. The minimum absolute atomic E-state index is 0.218. The summed E-state index contributed by atoms with van der Waals surface area (Å²) in [5, 5.41) is 5.83. The second-order valence-electron chi connectivity index (χ2n) is 3.92. The van der Waals surface area contributed by atoms with E-state index in [1.54, 1.807) is 29.5 Å². The predicted molar refractivity (Wildman–Crippen MR) is 74.9 cm³/mol. The van der Waals surface area contributed by atoms with Crippen LogP contribution < -0.4 is 16.6 Å². The molecule has 0 radical (unpaired) electrons. The Hall–Kier alpha value is -1.99. The molecule has 0 spiro atoms. The maximum atomic E-state index is 11.8. The number of hydrazine groups is 1. The Bertz CT molecular complexity index is 569. The highest BCUT2D eigenvalue weighted by molar-refractivity contribution is 7.09. The third-order valence-electron chi connectivity index (χ3n) is 2.46. The van der Waals surface area contributed by atoms with E-state index >= 15 is 0 Å². The van der Waals surface area contributed by atoms with Crippen LogP contribution in [0.3, 0.4) is 0 Å². The number of carbonyl (C=O) groups excluding carboxylic acids is 1. The average Bonchev–Trinajstić information content (AvgIpc) is 2.84. The third kappa shape index (κ3) is 3.73. The number of nitrogen functional groups attached to an aromatic ring is 1. The maximum absolute atomic E-state index is 11.8. The van der Waals surface area contributed by atoms with Crippen LogP contribution in [0.25, 0.3) is 0 Å². The van der Waals surface area contributed by atoms with Crippen LogP contribution in [-0.4, -0.2) is 22.4 Å². The lowest BCUT2D eigenvalue weighted by Crippen LogP contribution is -2.27. The van der Waals surface area contributed by atoms with E-state index in [0.29, 0.717) is 24.5 Å². The Labute approximate surface area is 115 Å². The highest BCUT2D eigenvalue weighted by Crippen LogP contribution is 2.08. The molecule has 0 aliphatic rings. The van der Waals surface area contributed by atoms with E-state index in [9.17, 15) is 4.79 Å². The fraction of sp³-hybridized carbons (Fsp3) is 0.250. The Balaban J connectivity index is 1.87. The first kappa shape index (κ1) is 13.4. The highest BCUT2D eigenvalue weighted by atomic mass is 32.1. The largest absolute Gasteiger partial charge is 0.350 e. The van der Waals surface area contributed by atoms with E-state index in [4.69, 9.17) is 5.84 Å². The van der Waals surface area contributed by atoms with E-state index < -0.39 is 0 Å². The van der Waals surface area contributed by atoms with Crippen LogP contribution in [0.15, 0.2) is 23.6 Å². The summed E-state index contributed by atoms with van der Waals surface area (Å²) in [5.41, 5.74) is 3.74. The minimum Gasteiger partial charge on any atom is -0.350 e. The molecular weight excluding hydrogens is 262 g/mol. The smallest absolute Gasteiger partial charge is 0.269 e. The van der Waals surface area contributed by atoms with Gasteiger partial charge in [-0.3, -0.25) is 4.79 Å². The van der Waals surface area contributed by atoms with Crippen molar-refractivity contribution in [2.45, 2.75) is 13.3 Å². The number of aromatic nitrogens is 2. The lowest BCUT2D eigenvalue weighted by atomic mass is 10.3. The molecule has 100 valence electrons. The molecule has 1 amide bonds. The quantitative estimate of drug-likeness (QED) is 0.562. The van der Waals surface area contributed by atoms with E-state index in [0.717, 1.165) is 10.7 Å². The van der Waals surface area contributed by atoms with E-state index in [1.807, 2.05) is 12.3 Å². The maximum Gasteiger partial charge on any atom is 0.269 e. The Kier molecular flexibility index (Phi) is 4.43. The zero-order valence-corrected chi connectivity index (χ0v) is 11.3. The summed E-state index contributed by atoms with van der Waals surface area (Å²) in [5.74, 6) is 5.49. The lowest BCUT2D eigenvalue weighted by Gasteiger charge is -2.05. The molecule has 2 aromatic rings. The SMILES string of the molecule is Cc1nc(CCNC(=O)c2cccc(NN)n2)cs1. The summed E-state index contributed by atoms with van der Waals surface area (Å²) in [4.78, 5) is 20.2. The van der Waals surface area contributed by atoms with Crippen molar-refractivity contribution in [3.63, 3.8) is 0 Å². The third-order valence-corrected chi connectivity index (χ3v) is 3.29. The lowest BCUT2D eigenvalue weighted by molar-refractivity contribution is 0.0949. The van der Waals surface area contributed by atoms with Gasteiger partial charge in [-0.05, 0) is 19.1 Å². The van der Waals surface area contributed by atoms with Crippen molar-refractivity contribution in [3.05, 3.63) is 40.0 Å². The number of anilines is 1. The molecule has 19 heavy (non-hydrogen) atoms. The van der Waals surface area contributed by atoms with Crippen molar-refractivity contribution in [1.82, 2.24) is 15.3 Å². The van der Waals surface area contributed by atoms with Crippen LogP contribution in [0.2, 0.25) is 0 Å². The van der Waals surface area contributed by atoms with Gasteiger partial charge in [0, 0.05) is 18.3 Å². The summed E-state index contributed by atoms with van der Waals surface area (Å²) in [6, 6.07) is 5.05. The number of nitrogens with zero attached hydrogens (tertiary/aromatic N) is 2. The number of aryl methyl sites for hydroxylation is 1. The van der Waals surface area contributed by atoms with Crippen LogP contribution in [-0.2, 0) is 6.42 Å². The second kappa shape index (κ2) is 6.26. The molecule has 6 nitrogen and oxygen atoms in total. The topological polar surface area (TPSA) is 92.9 Å². The molecule has 0 fully saturated rings. The van der Waals surface area contributed by atoms with Gasteiger partial charge in [0.2, 0.25) is 0 Å². The standard InChI is InChI=1S/C12H15N5OS/c1-8-15-9(7-19-8)5-6-14-12(18)10-3-2-4-11(16-10)17-13/h2-4,7H,5-6,13H2,1H3,(H,14,18)(H,16,17). The Morgan fingerprint density at radius 1 is 1.42 bits per heavy atom. The number of rotatable bonds is 5. The van der Waals surface area contributed by atoms with Crippen molar-refractivity contribution in [3.8, 4) is 0 Å². The van der Waals surface area contributed by atoms with Gasteiger partial charge >= 0.3 is 0 Å². The molecule has 4 N–H and O–H groups in total. The average molecular weight is 277 g/mol. The fourth-order valence-corrected chi connectivity index (χ4v) is 2.21. The number of thiazole rings is 1. The molecule has 0 saturated heterocycles. The van der Waals surface area contributed by atoms with Gasteiger partial charge in [0.25, 0.3) is 5.91 Å². The number of carbonyl (C=O) groups is 1. The Morgan fingerprint density at radius 2 is 2.26 bits per heavy atom. The summed E-state index contributed by atoms with van der Waals surface area (Å²) < 4.78 is 0. The number of pyridine rings is 1. The molecule has 2 rings (SSSR count). The first-order valence-corrected chi connectivity index (χ1v) is 6.70. The molecule has 0 saturated carbocycles. The van der Waals surface area contributed by atoms with Crippen LogP contribution >= 0.6 is 11.3 Å². The second-order valence-corrected chi connectivity index (χ2v) is 4.98. The number of hydrogen-bond donors (Lipinski definition) is 3. The van der Waals surface area contributed by atoms with E-state index in [1.165, 1.54) is 0 Å². The van der Waals surface area contributed by atoms with Gasteiger partial charge in [-0.2, -0.15) is 0 Å². The van der Waals surface area contributed by atoms with Crippen LogP contribution in [0.4, 0.5) is 5.82 Å². The summed E-state index contributed by atoms with van der Waals surface area (Å²) in [6.45, 7) is 2.49. The molecule has 0 unspecified atom stereocenters. The normalized spacial score (nSPS) is 10.2. The molecule has 0 aliphatic heterocycles. The number of nitrogens with one attached hydrogen (secondary N) is 2. The number of hydrogen-bond acceptors (Lipinski definition) is 6. The van der Waals surface area contributed by atoms with Crippen molar-refractivity contribution >= 4 is 23.1 Å². The predicted octanol–water partition coefficient (Wildman–Crippen LogP) is 1.10. The van der Waals surface area contributed by atoms with Gasteiger partial charge < -0.3 is 10.7 Å². The summed E-state index contributed by atoms with van der Waals surface area (Å²) in [6.07, 6.45) is 0.713. The van der Waals surface area contributed by atoms with E-state index in [2.05, 4.69) is 20.7 Å². The molecule has 7 heteroatoms. The van der Waals surface area contributed by atoms with Gasteiger partial charge in [0.05, 0.1) is 10.7 Å². The van der Waals surface area contributed by atoms with Crippen molar-refractivity contribution in [2.24, 2.45) is 5.84 Å². The molecule has 0 aromatic carbocycles. The van der Waals surface area contributed by atoms with Gasteiger partial charge in [0.15, 0.2) is 0 Å². The van der Waals surface area contributed by atoms with Crippen LogP contribution in [0.5, 0.6) is 0 Å². The number of nitrogens with two attached hydrogens (primary N) is 1. The molecule has 0 bridgehead atoms. The van der Waals surface area contributed by atoms with Crippen LogP contribution in [0.1, 0.15) is 21.2 Å². The monoisotopic (exact) mass is 277 g/mol. The number of amides is 1. The molecule has 0 aliphatic carbocycles. The Morgan fingerprint density at radius 3 is 2.95 bits per heavy atom. The molecule has 2 aromatic heterocycles. The fourth-order valence-electron chi connectivity index (χ4n) is 1.56. The van der Waals surface area contributed by atoms with Gasteiger partial charge in [0.1, 0.15) is 11.5 Å². The minimum atomic E-state index is -0.218. The van der Waals surface area contributed by atoms with Crippen molar-refractivity contribution in [2.75, 3.05) is 12.0 Å². The van der Waals surface area contributed by atoms with Crippen molar-refractivity contribution < 1.29 is 4.79 Å². The zero-order chi connectivity index (χ0) is 13.7. The van der Waals surface area contributed by atoms with Gasteiger partial charge in [-0.25, -0.2) is 15.8 Å². The molecule has 2 heterocycles. The zero-order valence-electron chi connectivity index (χ0n) is 10.5. The first-order chi connectivity index (χ1) is 9.19. The van der Waals surface area contributed by atoms with E-state index in [-0.39, 0.29) is 5.91 Å². The first-order valence-electron chi connectivity index (χ1n) is 5.82.